The molecular weight excluding hydrogens is 306 g/mol. The van der Waals surface area contributed by atoms with E-state index >= 15 is 0 Å². The van der Waals surface area contributed by atoms with Crippen LogP contribution in [-0.2, 0) is 0 Å². The molecule has 0 saturated carbocycles. The number of H-pyrrole nitrogens is 1. The number of benzene rings is 1. The lowest BCUT2D eigenvalue weighted by Crippen LogP contribution is -2.09. The summed E-state index contributed by atoms with van der Waals surface area (Å²) >= 11 is 1.64. The van der Waals surface area contributed by atoms with Gasteiger partial charge in [0.1, 0.15) is 5.69 Å². The van der Waals surface area contributed by atoms with Crippen LogP contribution in [0.1, 0.15) is 0 Å². The molecule has 1 N–H and O–H groups in total. The number of hydrogen-bond acceptors (Lipinski definition) is 4. The Morgan fingerprint density at radius 3 is 2.90 bits per heavy atom. The second-order valence-corrected chi connectivity index (χ2v) is 5.41. The molecule has 0 atom stereocenters. The maximum absolute atomic E-state index is 12.1. The van der Waals surface area contributed by atoms with Gasteiger partial charge in [-0.25, -0.2) is 4.98 Å². The van der Waals surface area contributed by atoms with Crippen LogP contribution in [0.3, 0.4) is 0 Å². The summed E-state index contributed by atoms with van der Waals surface area (Å²) in [4.78, 5) is 23.7. The van der Waals surface area contributed by atoms with Crippen LogP contribution in [0.2, 0.25) is 0 Å². The van der Waals surface area contributed by atoms with E-state index < -0.39 is 0 Å². The zero-order valence-corrected chi connectivity index (χ0v) is 12.4. The molecule has 0 fully saturated rings. The molecule has 0 radical (unpaired) electrons. The number of aromatic nitrogens is 3. The van der Waals surface area contributed by atoms with Crippen LogP contribution in [0, 0.1) is 0 Å². The first-order chi connectivity index (χ1) is 9.81. The van der Waals surface area contributed by atoms with Crippen molar-refractivity contribution >= 4 is 44.7 Å². The molecule has 0 bridgehead atoms. The van der Waals surface area contributed by atoms with Gasteiger partial charge in [0, 0.05) is 16.3 Å². The zero-order valence-electron chi connectivity index (χ0n) is 10.7. The third-order valence-electron chi connectivity index (χ3n) is 3.19. The second kappa shape index (κ2) is 5.27. The standard InChI is InChI=1S/C15H9N3OS.ClH/c19-15-10-3-1-2-4-11(10)17-14(18-15)12-7-13-9(8-16-12)5-6-20-13;/h1-8H,(H,17,18,19);1H. The average molecular weight is 316 g/mol. The van der Waals surface area contributed by atoms with Crippen molar-refractivity contribution in [2.24, 2.45) is 0 Å². The van der Waals surface area contributed by atoms with Crippen LogP contribution in [-0.4, -0.2) is 15.0 Å². The molecule has 0 unspecified atom stereocenters. The predicted octanol–water partition coefficient (Wildman–Crippen LogP) is 3.62. The largest absolute Gasteiger partial charge is 0.305 e. The van der Waals surface area contributed by atoms with Gasteiger partial charge in [0.25, 0.3) is 5.56 Å². The SMILES string of the molecule is Cl.O=c1[nH]c(-c2cc3sccc3cn2)nc2ccccc12. The third-order valence-corrected chi connectivity index (χ3v) is 4.07. The summed E-state index contributed by atoms with van der Waals surface area (Å²) in [6.45, 7) is 0. The monoisotopic (exact) mass is 315 g/mol. The highest BCUT2D eigenvalue weighted by atomic mass is 35.5. The highest BCUT2D eigenvalue weighted by Gasteiger charge is 2.07. The van der Waals surface area contributed by atoms with Crippen molar-refractivity contribution in [2.75, 3.05) is 0 Å². The number of nitrogens with zero attached hydrogens (tertiary/aromatic N) is 2. The molecule has 0 aliphatic heterocycles. The van der Waals surface area contributed by atoms with E-state index in [1.807, 2.05) is 35.7 Å². The Morgan fingerprint density at radius 1 is 1.14 bits per heavy atom. The summed E-state index contributed by atoms with van der Waals surface area (Å²) in [5, 5.41) is 3.71. The molecule has 4 rings (SSSR count). The number of aromatic amines is 1. The van der Waals surface area contributed by atoms with E-state index in [2.05, 4.69) is 15.0 Å². The Balaban J connectivity index is 0.00000132. The Hall–Kier alpha value is -2.24. The van der Waals surface area contributed by atoms with Crippen LogP contribution >= 0.6 is 23.7 Å². The van der Waals surface area contributed by atoms with Gasteiger partial charge in [0.2, 0.25) is 0 Å². The van der Waals surface area contributed by atoms with E-state index in [4.69, 9.17) is 0 Å². The summed E-state index contributed by atoms with van der Waals surface area (Å²) in [7, 11) is 0. The average Bonchev–Trinajstić information content (AvgIpc) is 2.94. The van der Waals surface area contributed by atoms with Crippen molar-refractivity contribution in [1.29, 1.82) is 0 Å². The van der Waals surface area contributed by atoms with E-state index in [-0.39, 0.29) is 18.0 Å². The number of halogens is 1. The topological polar surface area (TPSA) is 58.6 Å². The number of pyridine rings is 1. The summed E-state index contributed by atoms with van der Waals surface area (Å²) < 4.78 is 1.13. The highest BCUT2D eigenvalue weighted by molar-refractivity contribution is 7.17. The number of rotatable bonds is 1. The Bertz CT molecular complexity index is 993. The fourth-order valence-electron chi connectivity index (χ4n) is 2.19. The van der Waals surface area contributed by atoms with Crippen molar-refractivity contribution in [3.05, 3.63) is 58.3 Å². The lowest BCUT2D eigenvalue weighted by Gasteiger charge is -2.02. The maximum Gasteiger partial charge on any atom is 0.259 e. The predicted molar refractivity (Wildman–Crippen MR) is 88.2 cm³/mol. The molecule has 0 aliphatic rings. The lowest BCUT2D eigenvalue weighted by atomic mass is 10.2. The van der Waals surface area contributed by atoms with Gasteiger partial charge in [-0.05, 0) is 29.6 Å². The Labute approximate surface area is 129 Å². The van der Waals surface area contributed by atoms with Crippen molar-refractivity contribution in [2.45, 2.75) is 0 Å². The molecule has 0 amide bonds. The first kappa shape index (κ1) is 13.7. The van der Waals surface area contributed by atoms with Crippen LogP contribution < -0.4 is 5.56 Å². The fourth-order valence-corrected chi connectivity index (χ4v) is 2.99. The molecule has 0 spiro atoms. The highest BCUT2D eigenvalue weighted by Crippen LogP contribution is 2.24. The van der Waals surface area contributed by atoms with E-state index in [1.54, 1.807) is 23.6 Å². The minimum absolute atomic E-state index is 0. The minimum atomic E-state index is -0.140. The van der Waals surface area contributed by atoms with E-state index in [0.29, 0.717) is 22.4 Å². The number of nitrogens with one attached hydrogen (secondary N) is 1. The number of fused-ring (bicyclic) bond motifs is 2. The maximum atomic E-state index is 12.1. The first-order valence-electron chi connectivity index (χ1n) is 6.14. The molecule has 0 aliphatic carbocycles. The summed E-state index contributed by atoms with van der Waals surface area (Å²) in [5.74, 6) is 0.504. The van der Waals surface area contributed by atoms with Crippen molar-refractivity contribution in [1.82, 2.24) is 15.0 Å². The van der Waals surface area contributed by atoms with E-state index in [1.165, 1.54) is 0 Å². The second-order valence-electron chi connectivity index (χ2n) is 4.46. The van der Waals surface area contributed by atoms with Gasteiger partial charge in [0.15, 0.2) is 5.82 Å². The number of para-hydroxylation sites is 1. The molecule has 3 heterocycles. The molecular formula is C15H10ClN3OS. The van der Waals surface area contributed by atoms with Gasteiger partial charge < -0.3 is 4.98 Å². The molecule has 1 aromatic carbocycles. The van der Waals surface area contributed by atoms with E-state index in [0.717, 1.165) is 10.1 Å². The number of hydrogen-bond donors (Lipinski definition) is 1. The molecule has 4 nitrogen and oxygen atoms in total. The zero-order chi connectivity index (χ0) is 13.5. The van der Waals surface area contributed by atoms with Gasteiger partial charge in [-0.15, -0.1) is 23.7 Å². The third kappa shape index (κ3) is 2.30. The van der Waals surface area contributed by atoms with Crippen LogP contribution in [0.4, 0.5) is 0 Å². The van der Waals surface area contributed by atoms with Gasteiger partial charge in [0.05, 0.1) is 10.9 Å². The van der Waals surface area contributed by atoms with Gasteiger partial charge in [-0.3, -0.25) is 9.78 Å². The normalized spacial score (nSPS) is 10.7. The Kier molecular flexibility index (Phi) is 3.45. The molecule has 104 valence electrons. The van der Waals surface area contributed by atoms with E-state index in [9.17, 15) is 4.79 Å². The molecule has 21 heavy (non-hydrogen) atoms. The van der Waals surface area contributed by atoms with Crippen LogP contribution in [0.15, 0.2) is 52.8 Å². The fraction of sp³-hybridized carbons (Fsp3) is 0. The first-order valence-corrected chi connectivity index (χ1v) is 7.02. The molecule has 4 aromatic rings. The van der Waals surface area contributed by atoms with Gasteiger partial charge >= 0.3 is 0 Å². The van der Waals surface area contributed by atoms with Crippen LogP contribution in [0.25, 0.3) is 32.5 Å². The summed E-state index contributed by atoms with van der Waals surface area (Å²) in [6.07, 6.45) is 1.80. The smallest absolute Gasteiger partial charge is 0.259 e. The van der Waals surface area contributed by atoms with Crippen molar-refractivity contribution in [3.8, 4) is 11.5 Å². The molecule has 3 aromatic heterocycles. The lowest BCUT2D eigenvalue weighted by molar-refractivity contribution is 1.15. The summed E-state index contributed by atoms with van der Waals surface area (Å²) in [5.41, 5.74) is 1.22. The van der Waals surface area contributed by atoms with Gasteiger partial charge in [-0.2, -0.15) is 0 Å². The summed E-state index contributed by atoms with van der Waals surface area (Å²) in [6, 6.07) is 11.3. The quantitative estimate of drug-likeness (QED) is 0.583. The van der Waals surface area contributed by atoms with Crippen molar-refractivity contribution < 1.29 is 0 Å². The van der Waals surface area contributed by atoms with Crippen LogP contribution in [0.5, 0.6) is 0 Å². The Morgan fingerprint density at radius 2 is 2.00 bits per heavy atom. The minimum Gasteiger partial charge on any atom is -0.305 e. The number of thiophene rings is 1. The van der Waals surface area contributed by atoms with Crippen molar-refractivity contribution in [3.63, 3.8) is 0 Å². The molecule has 6 heteroatoms. The van der Waals surface area contributed by atoms with Gasteiger partial charge in [-0.1, -0.05) is 12.1 Å². The molecule has 0 saturated heterocycles.